The first-order chi connectivity index (χ1) is 11.2. The summed E-state index contributed by atoms with van der Waals surface area (Å²) in [6.45, 7) is 3.43. The van der Waals surface area contributed by atoms with Gasteiger partial charge in [0.05, 0.1) is 0 Å². The summed E-state index contributed by atoms with van der Waals surface area (Å²) in [5.41, 5.74) is 2.10. The summed E-state index contributed by atoms with van der Waals surface area (Å²) in [6.07, 6.45) is 6.68. The van der Waals surface area contributed by atoms with Crippen LogP contribution in [0.2, 0.25) is 0 Å². The second-order valence-electron chi connectivity index (χ2n) is 5.66. The van der Waals surface area contributed by atoms with Crippen LogP contribution in [0.4, 0.5) is 0 Å². The molecule has 1 aliphatic rings. The predicted molar refractivity (Wildman–Crippen MR) is 87.5 cm³/mol. The Morgan fingerprint density at radius 3 is 3.22 bits per heavy atom. The molecule has 1 aromatic carbocycles. The van der Waals surface area contributed by atoms with E-state index in [4.69, 9.17) is 4.74 Å². The molecule has 1 aliphatic heterocycles. The van der Waals surface area contributed by atoms with Gasteiger partial charge < -0.3 is 10.1 Å². The zero-order valence-electron chi connectivity index (χ0n) is 13.1. The van der Waals surface area contributed by atoms with E-state index in [9.17, 15) is 4.79 Å². The van der Waals surface area contributed by atoms with Crippen LogP contribution in [0.5, 0.6) is 0 Å². The zero-order valence-corrected chi connectivity index (χ0v) is 13.1. The van der Waals surface area contributed by atoms with Gasteiger partial charge in [0.15, 0.2) is 5.82 Å². The van der Waals surface area contributed by atoms with Crippen LogP contribution in [0.1, 0.15) is 18.4 Å². The zero-order chi connectivity index (χ0) is 16.1. The first-order valence-corrected chi connectivity index (χ1v) is 7.77. The summed E-state index contributed by atoms with van der Waals surface area (Å²) in [4.78, 5) is 15.9. The molecule has 1 atom stereocenters. The van der Waals surface area contributed by atoms with Crippen molar-refractivity contribution < 1.29 is 9.53 Å². The van der Waals surface area contributed by atoms with Gasteiger partial charge in [0, 0.05) is 23.9 Å². The Kier molecular flexibility index (Phi) is 4.83. The lowest BCUT2D eigenvalue weighted by Crippen LogP contribution is -2.27. The molecule has 0 bridgehead atoms. The summed E-state index contributed by atoms with van der Waals surface area (Å²) in [5, 5.41) is 7.61. The van der Waals surface area contributed by atoms with Gasteiger partial charge in [-0.25, -0.2) is 14.5 Å². The molecule has 3 rings (SSSR count). The van der Waals surface area contributed by atoms with E-state index in [0.717, 1.165) is 30.5 Å². The highest BCUT2D eigenvalue weighted by Crippen LogP contribution is 2.15. The fraction of sp³-hybridized carbons (Fsp3) is 0.353. The molecule has 6 nitrogen and oxygen atoms in total. The number of carbonyl (C=O) groups is 1. The fourth-order valence-corrected chi connectivity index (χ4v) is 2.53. The second kappa shape index (κ2) is 7.19. The predicted octanol–water partition coefficient (Wildman–Crippen LogP) is 2.02. The minimum absolute atomic E-state index is 0.284. The van der Waals surface area contributed by atoms with Gasteiger partial charge in [-0.15, -0.1) is 5.10 Å². The first-order valence-electron chi connectivity index (χ1n) is 7.77. The van der Waals surface area contributed by atoms with Gasteiger partial charge in [-0.1, -0.05) is 23.8 Å². The fourth-order valence-electron chi connectivity index (χ4n) is 2.53. The lowest BCUT2D eigenvalue weighted by atomic mass is 10.1. The Bertz CT molecular complexity index is 702. The Hall–Kier alpha value is -2.47. The Labute approximate surface area is 135 Å². The van der Waals surface area contributed by atoms with Gasteiger partial charge in [-0.2, -0.15) is 0 Å². The van der Waals surface area contributed by atoms with Crippen molar-refractivity contribution in [3.63, 3.8) is 0 Å². The lowest BCUT2D eigenvalue weighted by Gasteiger charge is -2.08. The number of aryl methyl sites for hydroxylation is 1. The van der Waals surface area contributed by atoms with Crippen molar-refractivity contribution in [3.8, 4) is 11.4 Å². The highest BCUT2D eigenvalue weighted by Gasteiger charge is 2.15. The van der Waals surface area contributed by atoms with Crippen molar-refractivity contribution in [2.45, 2.75) is 25.8 Å². The molecule has 1 N–H and O–H groups in total. The number of aromatic nitrogens is 3. The topological polar surface area (TPSA) is 69.0 Å². The number of hydrogen-bond acceptors (Lipinski definition) is 5. The van der Waals surface area contributed by atoms with Gasteiger partial charge in [-0.05, 0) is 32.4 Å². The number of ether oxygens (including phenoxy) is 1. The molecule has 1 aromatic heterocycles. The van der Waals surface area contributed by atoms with E-state index in [-0.39, 0.29) is 12.0 Å². The monoisotopic (exact) mass is 312 g/mol. The van der Waals surface area contributed by atoms with Crippen LogP contribution in [0.3, 0.4) is 0 Å². The SMILES string of the molecule is Cc1cccc(-c2ncn(/C=C\C(=O)OCC3CCCN3)n2)c1. The maximum absolute atomic E-state index is 11.7. The Morgan fingerprint density at radius 2 is 2.43 bits per heavy atom. The molecule has 0 spiro atoms. The van der Waals surface area contributed by atoms with E-state index in [2.05, 4.69) is 15.4 Å². The van der Waals surface area contributed by atoms with Crippen LogP contribution in [0, 0.1) is 6.92 Å². The summed E-state index contributed by atoms with van der Waals surface area (Å²) in [6, 6.07) is 8.25. The summed E-state index contributed by atoms with van der Waals surface area (Å²) < 4.78 is 6.71. The first kappa shape index (κ1) is 15.4. The van der Waals surface area contributed by atoms with E-state index < -0.39 is 0 Å². The largest absolute Gasteiger partial charge is 0.461 e. The molecule has 23 heavy (non-hydrogen) atoms. The number of hydrogen-bond donors (Lipinski definition) is 1. The van der Waals surface area contributed by atoms with Gasteiger partial charge in [0.2, 0.25) is 0 Å². The number of nitrogens with zero attached hydrogens (tertiary/aromatic N) is 3. The summed E-state index contributed by atoms with van der Waals surface area (Å²) >= 11 is 0. The molecule has 120 valence electrons. The third-order valence-electron chi connectivity index (χ3n) is 3.74. The minimum Gasteiger partial charge on any atom is -0.461 e. The second-order valence-corrected chi connectivity index (χ2v) is 5.66. The van der Waals surface area contributed by atoms with E-state index in [1.54, 1.807) is 12.5 Å². The van der Waals surface area contributed by atoms with Crippen LogP contribution < -0.4 is 5.32 Å². The molecule has 6 heteroatoms. The molecular weight excluding hydrogens is 292 g/mol. The molecule has 0 aliphatic carbocycles. The van der Waals surface area contributed by atoms with Crippen LogP contribution in [-0.4, -0.2) is 39.9 Å². The maximum atomic E-state index is 11.7. The molecule has 0 radical (unpaired) electrons. The number of benzene rings is 1. The third-order valence-corrected chi connectivity index (χ3v) is 3.74. The molecule has 0 saturated carbocycles. The van der Waals surface area contributed by atoms with E-state index in [1.165, 1.54) is 10.8 Å². The number of nitrogens with one attached hydrogen (secondary N) is 1. The van der Waals surface area contributed by atoms with Crippen LogP contribution >= 0.6 is 0 Å². The highest BCUT2D eigenvalue weighted by atomic mass is 16.5. The number of esters is 1. The molecular formula is C17H20N4O2. The van der Waals surface area contributed by atoms with E-state index in [1.807, 2.05) is 31.2 Å². The summed E-state index contributed by atoms with van der Waals surface area (Å²) in [5.74, 6) is 0.258. The van der Waals surface area contributed by atoms with Gasteiger partial charge in [0.25, 0.3) is 0 Å². The lowest BCUT2D eigenvalue weighted by molar-refractivity contribution is -0.138. The van der Waals surface area contributed by atoms with Crippen molar-refractivity contribution >= 4 is 12.2 Å². The summed E-state index contributed by atoms with van der Waals surface area (Å²) in [7, 11) is 0. The molecule has 1 saturated heterocycles. The maximum Gasteiger partial charge on any atom is 0.332 e. The highest BCUT2D eigenvalue weighted by molar-refractivity contribution is 5.84. The Balaban J connectivity index is 1.56. The molecule has 1 fully saturated rings. The van der Waals surface area contributed by atoms with E-state index >= 15 is 0 Å². The van der Waals surface area contributed by atoms with Crippen molar-refractivity contribution in [2.75, 3.05) is 13.2 Å². The van der Waals surface area contributed by atoms with Crippen molar-refractivity contribution in [1.29, 1.82) is 0 Å². The van der Waals surface area contributed by atoms with Crippen LogP contribution in [0.15, 0.2) is 36.7 Å². The van der Waals surface area contributed by atoms with Crippen molar-refractivity contribution in [3.05, 3.63) is 42.2 Å². The van der Waals surface area contributed by atoms with Gasteiger partial charge >= 0.3 is 5.97 Å². The normalized spacial score (nSPS) is 17.7. The smallest absolute Gasteiger partial charge is 0.332 e. The van der Waals surface area contributed by atoms with Gasteiger partial charge in [0.1, 0.15) is 12.9 Å². The number of carbonyl (C=O) groups excluding carboxylic acids is 1. The molecule has 2 aromatic rings. The van der Waals surface area contributed by atoms with E-state index in [0.29, 0.717) is 12.4 Å². The minimum atomic E-state index is -0.369. The average molecular weight is 312 g/mol. The van der Waals surface area contributed by atoms with Crippen molar-refractivity contribution in [1.82, 2.24) is 20.1 Å². The molecule has 0 amide bonds. The molecule has 1 unspecified atom stereocenters. The quantitative estimate of drug-likeness (QED) is 0.676. The average Bonchev–Trinajstić information content (AvgIpc) is 3.22. The molecule has 2 heterocycles. The van der Waals surface area contributed by atoms with Crippen LogP contribution in [-0.2, 0) is 9.53 Å². The van der Waals surface area contributed by atoms with Crippen molar-refractivity contribution in [2.24, 2.45) is 0 Å². The number of rotatable bonds is 5. The third kappa shape index (κ3) is 4.26. The standard InChI is InChI=1S/C17H20N4O2/c1-13-4-2-5-14(10-13)17-19-12-21(20-17)9-7-16(22)23-11-15-6-3-8-18-15/h2,4-5,7,9-10,12,15,18H,3,6,8,11H2,1H3/b9-7-. The Morgan fingerprint density at radius 1 is 1.52 bits per heavy atom. The van der Waals surface area contributed by atoms with Crippen LogP contribution in [0.25, 0.3) is 17.6 Å². The van der Waals surface area contributed by atoms with Gasteiger partial charge in [-0.3, -0.25) is 0 Å².